The Balaban J connectivity index is 1.86. The van der Waals surface area contributed by atoms with Crippen LogP contribution in [0.25, 0.3) is 0 Å². The van der Waals surface area contributed by atoms with Crippen molar-refractivity contribution in [2.75, 3.05) is 26.2 Å². The third kappa shape index (κ3) is 3.69. The zero-order valence-corrected chi connectivity index (χ0v) is 11.7. The van der Waals surface area contributed by atoms with Crippen molar-refractivity contribution in [1.29, 1.82) is 0 Å². The number of carboxylic acids is 1. The smallest absolute Gasteiger partial charge is 0.307 e. The predicted octanol–water partition coefficient (Wildman–Crippen LogP) is 1.18. The highest BCUT2D eigenvalue weighted by atomic mass is 16.4. The minimum Gasteiger partial charge on any atom is -0.481 e. The van der Waals surface area contributed by atoms with Crippen LogP contribution >= 0.6 is 0 Å². The highest BCUT2D eigenvalue weighted by Crippen LogP contribution is 2.19. The van der Waals surface area contributed by atoms with Crippen LogP contribution in [0.5, 0.6) is 0 Å². The summed E-state index contributed by atoms with van der Waals surface area (Å²) in [5.41, 5.74) is 0. The number of piperidine rings is 2. The molecule has 2 aliphatic heterocycles. The quantitative estimate of drug-likeness (QED) is 0.835. The molecule has 19 heavy (non-hydrogen) atoms. The van der Waals surface area contributed by atoms with Crippen LogP contribution < -0.4 is 0 Å². The zero-order valence-electron chi connectivity index (χ0n) is 11.7. The number of hydrogen-bond acceptors (Lipinski definition) is 3. The van der Waals surface area contributed by atoms with E-state index in [-0.39, 0.29) is 11.8 Å². The van der Waals surface area contributed by atoms with E-state index >= 15 is 0 Å². The van der Waals surface area contributed by atoms with Crippen molar-refractivity contribution < 1.29 is 14.7 Å². The molecule has 0 spiro atoms. The van der Waals surface area contributed by atoms with Gasteiger partial charge in [-0.1, -0.05) is 0 Å². The van der Waals surface area contributed by atoms with Gasteiger partial charge in [-0.15, -0.1) is 0 Å². The number of carbonyl (C=O) groups excluding carboxylic acids is 1. The molecule has 0 bridgehead atoms. The third-order valence-electron chi connectivity index (χ3n) is 4.34. The summed E-state index contributed by atoms with van der Waals surface area (Å²) < 4.78 is 0. The Bertz CT molecular complexity index is 346. The first-order valence-electron chi connectivity index (χ1n) is 7.32. The number of hydrogen-bond donors (Lipinski definition) is 1. The van der Waals surface area contributed by atoms with Gasteiger partial charge in [0.1, 0.15) is 0 Å². The van der Waals surface area contributed by atoms with Gasteiger partial charge in [0.05, 0.1) is 12.5 Å². The van der Waals surface area contributed by atoms with Gasteiger partial charge in [-0.3, -0.25) is 14.5 Å². The van der Waals surface area contributed by atoms with Gasteiger partial charge < -0.3 is 10.0 Å². The van der Waals surface area contributed by atoms with Gasteiger partial charge in [-0.2, -0.15) is 0 Å². The standard InChI is InChI=1S/C14H24N2O3/c1-11-5-2-3-8-16(11)13(17)10-15-7-4-6-12(9-15)14(18)19/h11-12H,2-10H2,1H3,(H,18,19). The van der Waals surface area contributed by atoms with E-state index in [9.17, 15) is 9.59 Å². The monoisotopic (exact) mass is 268 g/mol. The van der Waals surface area contributed by atoms with Gasteiger partial charge in [-0.05, 0) is 45.6 Å². The molecule has 1 N–H and O–H groups in total. The molecule has 2 saturated heterocycles. The number of likely N-dealkylation sites (tertiary alicyclic amines) is 2. The van der Waals surface area contributed by atoms with E-state index in [0.717, 1.165) is 38.8 Å². The van der Waals surface area contributed by atoms with Crippen LogP contribution in [0.15, 0.2) is 0 Å². The molecule has 0 saturated carbocycles. The molecule has 2 rings (SSSR count). The second-order valence-electron chi connectivity index (χ2n) is 5.84. The van der Waals surface area contributed by atoms with Crippen molar-refractivity contribution in [3.8, 4) is 0 Å². The van der Waals surface area contributed by atoms with Gasteiger partial charge >= 0.3 is 5.97 Å². The molecule has 2 fully saturated rings. The number of nitrogens with zero attached hydrogens (tertiary/aromatic N) is 2. The summed E-state index contributed by atoms with van der Waals surface area (Å²) in [6.07, 6.45) is 4.99. The average Bonchev–Trinajstić information content (AvgIpc) is 2.39. The second kappa shape index (κ2) is 6.37. The number of rotatable bonds is 3. The summed E-state index contributed by atoms with van der Waals surface area (Å²) in [5, 5.41) is 9.06. The lowest BCUT2D eigenvalue weighted by atomic mass is 9.98. The fourth-order valence-electron chi connectivity index (χ4n) is 3.15. The van der Waals surface area contributed by atoms with Crippen molar-refractivity contribution >= 4 is 11.9 Å². The molecule has 5 nitrogen and oxygen atoms in total. The van der Waals surface area contributed by atoms with Crippen LogP contribution in [0, 0.1) is 5.92 Å². The summed E-state index contributed by atoms with van der Waals surface area (Å²) >= 11 is 0. The predicted molar refractivity (Wildman–Crippen MR) is 71.8 cm³/mol. The van der Waals surface area contributed by atoms with Crippen molar-refractivity contribution in [3.63, 3.8) is 0 Å². The molecule has 108 valence electrons. The van der Waals surface area contributed by atoms with Gasteiger partial charge in [-0.25, -0.2) is 0 Å². The molecule has 5 heteroatoms. The zero-order chi connectivity index (χ0) is 13.8. The molecule has 2 aliphatic rings. The fourth-order valence-corrected chi connectivity index (χ4v) is 3.15. The lowest BCUT2D eigenvalue weighted by molar-refractivity contribution is -0.145. The van der Waals surface area contributed by atoms with Crippen LogP contribution in [-0.2, 0) is 9.59 Å². The maximum absolute atomic E-state index is 12.3. The van der Waals surface area contributed by atoms with Crippen LogP contribution in [0.1, 0.15) is 39.0 Å². The van der Waals surface area contributed by atoms with Crippen molar-refractivity contribution in [2.45, 2.75) is 45.1 Å². The number of amides is 1. The lowest BCUT2D eigenvalue weighted by Crippen LogP contribution is -2.49. The fraction of sp³-hybridized carbons (Fsp3) is 0.857. The summed E-state index contributed by atoms with van der Waals surface area (Å²) in [6.45, 7) is 4.71. The Morgan fingerprint density at radius 1 is 1.16 bits per heavy atom. The maximum atomic E-state index is 12.3. The highest BCUT2D eigenvalue weighted by Gasteiger charge is 2.29. The first-order valence-corrected chi connectivity index (χ1v) is 7.32. The van der Waals surface area contributed by atoms with E-state index < -0.39 is 5.97 Å². The minimum absolute atomic E-state index is 0.165. The molecular formula is C14H24N2O3. The highest BCUT2D eigenvalue weighted by molar-refractivity contribution is 5.79. The Hall–Kier alpha value is -1.10. The molecule has 0 radical (unpaired) electrons. The van der Waals surface area contributed by atoms with Crippen LogP contribution in [0.2, 0.25) is 0 Å². The van der Waals surface area contributed by atoms with Crippen molar-refractivity contribution in [2.24, 2.45) is 5.92 Å². The van der Waals surface area contributed by atoms with E-state index in [1.54, 1.807) is 0 Å². The number of aliphatic carboxylic acids is 1. The third-order valence-corrected chi connectivity index (χ3v) is 4.34. The topological polar surface area (TPSA) is 60.9 Å². The summed E-state index contributed by atoms with van der Waals surface area (Å²) in [6, 6.07) is 0.335. The first kappa shape index (κ1) is 14.3. The molecular weight excluding hydrogens is 244 g/mol. The van der Waals surface area contributed by atoms with Crippen molar-refractivity contribution in [3.05, 3.63) is 0 Å². The molecule has 0 aromatic heterocycles. The number of carbonyl (C=O) groups is 2. The molecule has 0 aliphatic carbocycles. The van der Waals surface area contributed by atoms with Gasteiger partial charge in [0.25, 0.3) is 0 Å². The Morgan fingerprint density at radius 2 is 1.95 bits per heavy atom. The van der Waals surface area contributed by atoms with E-state index in [0.29, 0.717) is 19.1 Å². The summed E-state index contributed by atoms with van der Waals surface area (Å²) in [7, 11) is 0. The van der Waals surface area contributed by atoms with Gasteiger partial charge in [0, 0.05) is 19.1 Å². The van der Waals surface area contributed by atoms with Gasteiger partial charge in [0.15, 0.2) is 0 Å². The first-order chi connectivity index (χ1) is 9.08. The largest absolute Gasteiger partial charge is 0.481 e. The second-order valence-corrected chi connectivity index (χ2v) is 5.84. The molecule has 0 aromatic rings. The van der Waals surface area contributed by atoms with Gasteiger partial charge in [0.2, 0.25) is 5.91 Å². The van der Waals surface area contributed by atoms with E-state index in [1.165, 1.54) is 6.42 Å². The molecule has 1 amide bonds. The summed E-state index contributed by atoms with van der Waals surface area (Å²) in [4.78, 5) is 27.3. The van der Waals surface area contributed by atoms with E-state index in [2.05, 4.69) is 6.92 Å². The van der Waals surface area contributed by atoms with E-state index in [1.807, 2.05) is 9.80 Å². The SMILES string of the molecule is CC1CCCCN1C(=O)CN1CCCC(C(=O)O)C1. The normalized spacial score (nSPS) is 29.2. The lowest BCUT2D eigenvalue weighted by Gasteiger charge is -2.36. The summed E-state index contributed by atoms with van der Waals surface area (Å²) in [5.74, 6) is -0.873. The molecule has 2 atom stereocenters. The van der Waals surface area contributed by atoms with Crippen LogP contribution in [-0.4, -0.2) is 59.0 Å². The molecule has 0 aromatic carbocycles. The Labute approximate surface area is 114 Å². The van der Waals surface area contributed by atoms with Crippen LogP contribution in [0.4, 0.5) is 0 Å². The number of carboxylic acid groups (broad SMARTS) is 1. The van der Waals surface area contributed by atoms with Crippen LogP contribution in [0.3, 0.4) is 0 Å². The molecule has 2 heterocycles. The van der Waals surface area contributed by atoms with E-state index in [4.69, 9.17) is 5.11 Å². The maximum Gasteiger partial charge on any atom is 0.307 e. The Kier molecular flexibility index (Phi) is 4.80. The minimum atomic E-state index is -0.733. The molecule has 2 unspecified atom stereocenters. The average molecular weight is 268 g/mol. The Morgan fingerprint density at radius 3 is 2.63 bits per heavy atom. The van der Waals surface area contributed by atoms with Crippen molar-refractivity contribution in [1.82, 2.24) is 9.80 Å².